The van der Waals surface area contributed by atoms with Gasteiger partial charge in [-0.1, -0.05) is 37.5 Å². The first-order valence-electron chi connectivity index (χ1n) is 13.8. The number of carbonyl (C=O) groups excluding carboxylic acids is 1. The van der Waals surface area contributed by atoms with Gasteiger partial charge in [0.05, 0.1) is 6.10 Å². The summed E-state index contributed by atoms with van der Waals surface area (Å²) in [5.74, 6) is 1.03. The van der Waals surface area contributed by atoms with Crippen molar-refractivity contribution >= 4 is 5.91 Å². The number of nitrogens with zero attached hydrogens (tertiary/aromatic N) is 1. The zero-order valence-corrected chi connectivity index (χ0v) is 20.8. The fourth-order valence-corrected chi connectivity index (χ4v) is 6.43. The van der Waals surface area contributed by atoms with Crippen molar-refractivity contribution in [3.63, 3.8) is 0 Å². The van der Waals surface area contributed by atoms with Gasteiger partial charge < -0.3 is 19.7 Å². The Hall–Kier alpha value is -2.37. The molecule has 0 aromatic heterocycles. The van der Waals surface area contributed by atoms with Gasteiger partial charge in [0.15, 0.2) is 0 Å². The molecule has 6 rings (SSSR count). The average molecular weight is 475 g/mol. The molecular formula is C30H38N2O3. The van der Waals surface area contributed by atoms with Crippen molar-refractivity contribution in [3.05, 3.63) is 64.2 Å². The second-order valence-electron chi connectivity index (χ2n) is 10.9. The van der Waals surface area contributed by atoms with Crippen LogP contribution in [0.3, 0.4) is 0 Å². The number of hydrogen-bond donors (Lipinski definition) is 1. The van der Waals surface area contributed by atoms with Crippen molar-refractivity contribution in [3.8, 4) is 5.75 Å². The highest BCUT2D eigenvalue weighted by Gasteiger charge is 2.34. The third kappa shape index (κ3) is 5.12. The molecule has 2 fully saturated rings. The normalized spacial score (nSPS) is 24.5. The highest BCUT2D eigenvalue weighted by atomic mass is 16.5. The maximum atomic E-state index is 13.4. The van der Waals surface area contributed by atoms with Crippen molar-refractivity contribution in [2.45, 2.75) is 88.9 Å². The van der Waals surface area contributed by atoms with Crippen LogP contribution in [-0.2, 0) is 30.5 Å². The van der Waals surface area contributed by atoms with Gasteiger partial charge in [0, 0.05) is 37.3 Å². The quantitative estimate of drug-likeness (QED) is 0.624. The molecule has 2 heterocycles. The van der Waals surface area contributed by atoms with Crippen LogP contribution in [0, 0.1) is 0 Å². The van der Waals surface area contributed by atoms with Gasteiger partial charge in [0.1, 0.15) is 12.4 Å². The standard InChI is InChI=1S/C30H38N2O3/c33-30-29-11-10-27(35-20-28-7-4-14-34-28)18-23(29)12-13-32(30)26-16-22-9-8-21(15-24(22)17-26)19-31-25-5-2-1-3-6-25/h8-11,15,18,25-26,28,31H,1-7,12-14,16-17,19-20H2/t26-,28+/m1/s1. The fraction of sp³-hybridized carbons (Fsp3) is 0.567. The van der Waals surface area contributed by atoms with Crippen LogP contribution >= 0.6 is 0 Å². The van der Waals surface area contributed by atoms with Crippen LogP contribution in [0.4, 0.5) is 0 Å². The SMILES string of the molecule is O=C1c2ccc(OC[C@@H]3CCCO3)cc2CCN1[C@@H]1Cc2ccc(CNC3CCCCC3)cc2C1. The van der Waals surface area contributed by atoms with Gasteiger partial charge in [-0.25, -0.2) is 0 Å². The summed E-state index contributed by atoms with van der Waals surface area (Å²) in [5, 5.41) is 3.77. The van der Waals surface area contributed by atoms with E-state index in [1.54, 1.807) is 0 Å². The summed E-state index contributed by atoms with van der Waals surface area (Å²) < 4.78 is 11.6. The van der Waals surface area contributed by atoms with Crippen molar-refractivity contribution in [2.75, 3.05) is 19.8 Å². The first-order chi connectivity index (χ1) is 17.2. The summed E-state index contributed by atoms with van der Waals surface area (Å²) in [5.41, 5.74) is 6.17. The van der Waals surface area contributed by atoms with Gasteiger partial charge in [-0.3, -0.25) is 4.79 Å². The molecule has 2 aliphatic heterocycles. The molecule has 1 saturated heterocycles. The van der Waals surface area contributed by atoms with Crippen LogP contribution in [0.2, 0.25) is 0 Å². The highest BCUT2D eigenvalue weighted by molar-refractivity contribution is 5.97. The largest absolute Gasteiger partial charge is 0.491 e. The number of carbonyl (C=O) groups is 1. The first-order valence-corrected chi connectivity index (χ1v) is 13.8. The zero-order valence-electron chi connectivity index (χ0n) is 20.8. The van der Waals surface area contributed by atoms with E-state index in [2.05, 4.69) is 34.5 Å². The van der Waals surface area contributed by atoms with E-state index < -0.39 is 0 Å². The van der Waals surface area contributed by atoms with Crippen LogP contribution < -0.4 is 10.1 Å². The lowest BCUT2D eigenvalue weighted by Crippen LogP contribution is -2.45. The molecule has 2 aromatic carbocycles. The monoisotopic (exact) mass is 474 g/mol. The van der Waals surface area contributed by atoms with Crippen molar-refractivity contribution in [1.82, 2.24) is 10.2 Å². The maximum Gasteiger partial charge on any atom is 0.254 e. The molecule has 2 aromatic rings. The summed E-state index contributed by atoms with van der Waals surface area (Å²) in [7, 11) is 0. The molecule has 0 unspecified atom stereocenters. The van der Waals surface area contributed by atoms with Crippen LogP contribution in [-0.4, -0.2) is 48.8 Å². The summed E-state index contributed by atoms with van der Waals surface area (Å²) in [6.45, 7) is 3.18. The minimum Gasteiger partial charge on any atom is -0.491 e. The van der Waals surface area contributed by atoms with Crippen LogP contribution in [0.1, 0.15) is 77.6 Å². The summed E-state index contributed by atoms with van der Waals surface area (Å²) in [6, 6.07) is 13.9. The van der Waals surface area contributed by atoms with E-state index in [1.807, 2.05) is 12.1 Å². The predicted molar refractivity (Wildman–Crippen MR) is 137 cm³/mol. The van der Waals surface area contributed by atoms with E-state index in [4.69, 9.17) is 9.47 Å². The minimum absolute atomic E-state index is 0.175. The minimum atomic E-state index is 0.175. The van der Waals surface area contributed by atoms with Crippen molar-refractivity contribution in [2.24, 2.45) is 0 Å². The predicted octanol–water partition coefficient (Wildman–Crippen LogP) is 4.83. The van der Waals surface area contributed by atoms with Gasteiger partial charge in [-0.05, 0) is 85.4 Å². The molecule has 0 bridgehead atoms. The first kappa shape index (κ1) is 23.1. The summed E-state index contributed by atoms with van der Waals surface area (Å²) >= 11 is 0. The van der Waals surface area contributed by atoms with Crippen LogP contribution in [0.5, 0.6) is 5.75 Å². The van der Waals surface area contributed by atoms with Crippen LogP contribution in [0.25, 0.3) is 0 Å². The second-order valence-corrected chi connectivity index (χ2v) is 10.9. The van der Waals surface area contributed by atoms with E-state index in [9.17, 15) is 4.79 Å². The molecule has 186 valence electrons. The number of ether oxygens (including phenoxy) is 2. The number of hydrogen-bond acceptors (Lipinski definition) is 4. The third-order valence-corrected chi connectivity index (χ3v) is 8.47. The summed E-state index contributed by atoms with van der Waals surface area (Å²) in [6.07, 6.45) is 12.0. The molecule has 2 aliphatic carbocycles. The van der Waals surface area contributed by atoms with E-state index in [1.165, 1.54) is 48.8 Å². The Morgan fingerprint density at radius 1 is 0.943 bits per heavy atom. The number of benzene rings is 2. The molecule has 1 amide bonds. The van der Waals surface area contributed by atoms with Gasteiger partial charge in [0.2, 0.25) is 0 Å². The molecule has 2 atom stereocenters. The molecule has 1 saturated carbocycles. The van der Waals surface area contributed by atoms with Crippen molar-refractivity contribution in [1.29, 1.82) is 0 Å². The van der Waals surface area contributed by atoms with Gasteiger partial charge in [-0.2, -0.15) is 0 Å². The molecule has 35 heavy (non-hydrogen) atoms. The Balaban J connectivity index is 1.07. The van der Waals surface area contributed by atoms with E-state index in [0.717, 1.165) is 68.7 Å². The number of nitrogens with one attached hydrogen (secondary N) is 1. The lowest BCUT2D eigenvalue weighted by molar-refractivity contribution is 0.0657. The fourth-order valence-electron chi connectivity index (χ4n) is 6.43. The average Bonchev–Trinajstić information content (AvgIpc) is 3.57. The molecule has 0 radical (unpaired) electrons. The van der Waals surface area contributed by atoms with E-state index in [-0.39, 0.29) is 18.1 Å². The van der Waals surface area contributed by atoms with E-state index >= 15 is 0 Å². The lowest BCUT2D eigenvalue weighted by atomic mass is 9.95. The topological polar surface area (TPSA) is 50.8 Å². The zero-order chi connectivity index (χ0) is 23.6. The van der Waals surface area contributed by atoms with Gasteiger partial charge >= 0.3 is 0 Å². The molecule has 0 spiro atoms. The van der Waals surface area contributed by atoms with Gasteiger partial charge in [0.25, 0.3) is 5.91 Å². The maximum absolute atomic E-state index is 13.4. The summed E-state index contributed by atoms with van der Waals surface area (Å²) in [4.78, 5) is 15.6. The Kier molecular flexibility index (Phi) is 6.80. The molecule has 4 aliphatic rings. The van der Waals surface area contributed by atoms with Crippen LogP contribution in [0.15, 0.2) is 36.4 Å². The molecule has 5 heteroatoms. The van der Waals surface area contributed by atoms with Gasteiger partial charge in [-0.15, -0.1) is 0 Å². The lowest BCUT2D eigenvalue weighted by Gasteiger charge is -2.33. The van der Waals surface area contributed by atoms with Crippen molar-refractivity contribution < 1.29 is 14.3 Å². The third-order valence-electron chi connectivity index (χ3n) is 8.47. The molecule has 1 N–H and O–H groups in total. The molecular weight excluding hydrogens is 436 g/mol. The number of amides is 1. The second kappa shape index (κ2) is 10.3. The Morgan fingerprint density at radius 3 is 2.69 bits per heavy atom. The Morgan fingerprint density at radius 2 is 1.83 bits per heavy atom. The smallest absolute Gasteiger partial charge is 0.254 e. The number of fused-ring (bicyclic) bond motifs is 2. The Labute approximate surface area is 209 Å². The highest BCUT2D eigenvalue weighted by Crippen LogP contribution is 2.32. The Bertz CT molecular complexity index is 1060. The number of rotatable bonds is 7. The van der Waals surface area contributed by atoms with E-state index in [0.29, 0.717) is 12.6 Å². The molecule has 5 nitrogen and oxygen atoms in total.